The molecule has 0 heterocycles. The van der Waals surface area contributed by atoms with E-state index in [1.165, 1.54) is 0 Å². The molecule has 0 bridgehead atoms. The quantitative estimate of drug-likeness (QED) is 0.419. The third-order valence-electron chi connectivity index (χ3n) is 1.21. The average molecular weight is 133 g/mol. The van der Waals surface area contributed by atoms with E-state index in [9.17, 15) is 0 Å². The number of hydrogen-bond acceptors (Lipinski definition) is 3. The molecular weight excluding hydrogens is 118 g/mol. The Bertz CT molecular complexity index is 68.1. The zero-order valence-electron chi connectivity index (χ0n) is 6.55. The summed E-state index contributed by atoms with van der Waals surface area (Å²) in [5, 5.41) is 1.66. The normalized spacial score (nSPS) is 14.3. The second kappa shape index (κ2) is 4.73. The summed E-state index contributed by atoms with van der Waals surface area (Å²) in [6.07, 6.45) is 0.0417. The van der Waals surface area contributed by atoms with E-state index in [1.54, 1.807) is 12.2 Å². The van der Waals surface area contributed by atoms with Crippen LogP contribution in [0.4, 0.5) is 0 Å². The maximum absolute atomic E-state index is 5.20. The smallest absolute Gasteiger partial charge is 0.129 e. The summed E-state index contributed by atoms with van der Waals surface area (Å²) in [5.74, 6) is 0. The van der Waals surface area contributed by atoms with Gasteiger partial charge in [0.1, 0.15) is 6.23 Å². The van der Waals surface area contributed by atoms with Crippen LogP contribution in [0.25, 0.3) is 0 Å². The van der Waals surface area contributed by atoms with E-state index in [0.29, 0.717) is 0 Å². The largest absolute Gasteiger partial charge is 0.362 e. The average Bonchev–Trinajstić information content (AvgIpc) is 1.87. The summed E-state index contributed by atoms with van der Waals surface area (Å²) in [5.41, 5.74) is 0. The van der Waals surface area contributed by atoms with Crippen LogP contribution in [-0.2, 0) is 9.57 Å². The van der Waals surface area contributed by atoms with E-state index in [2.05, 4.69) is 0 Å². The van der Waals surface area contributed by atoms with Gasteiger partial charge in [0.15, 0.2) is 0 Å². The van der Waals surface area contributed by atoms with Crippen molar-refractivity contribution in [3.05, 3.63) is 0 Å². The van der Waals surface area contributed by atoms with E-state index in [4.69, 9.17) is 9.57 Å². The molecule has 0 aliphatic heterocycles. The van der Waals surface area contributed by atoms with Crippen LogP contribution in [0.2, 0.25) is 0 Å². The van der Waals surface area contributed by atoms with Crippen molar-refractivity contribution >= 4 is 0 Å². The van der Waals surface area contributed by atoms with Gasteiger partial charge in [0.25, 0.3) is 0 Å². The van der Waals surface area contributed by atoms with Crippen LogP contribution in [0.15, 0.2) is 0 Å². The summed E-state index contributed by atoms with van der Waals surface area (Å²) >= 11 is 0. The second-order valence-corrected chi connectivity index (χ2v) is 1.78. The third kappa shape index (κ3) is 3.46. The van der Waals surface area contributed by atoms with Gasteiger partial charge in [-0.3, -0.25) is 0 Å². The van der Waals surface area contributed by atoms with Crippen molar-refractivity contribution < 1.29 is 9.57 Å². The molecule has 0 amide bonds. The molecule has 1 unspecified atom stereocenters. The molecule has 1 atom stereocenters. The van der Waals surface area contributed by atoms with Gasteiger partial charge in [0.2, 0.25) is 0 Å². The number of hydroxylamine groups is 2. The molecular formula is C6H15NO2. The second-order valence-electron chi connectivity index (χ2n) is 1.78. The fraction of sp³-hybridized carbons (Fsp3) is 1.00. The number of ether oxygens (including phenoxy) is 1. The zero-order chi connectivity index (χ0) is 7.28. The van der Waals surface area contributed by atoms with Crippen molar-refractivity contribution in [1.29, 1.82) is 0 Å². The van der Waals surface area contributed by atoms with Gasteiger partial charge in [-0.1, -0.05) is 0 Å². The minimum atomic E-state index is 0.0417. The van der Waals surface area contributed by atoms with Crippen molar-refractivity contribution in [3.63, 3.8) is 0 Å². The van der Waals surface area contributed by atoms with Gasteiger partial charge in [-0.2, -0.15) is 5.06 Å². The topological polar surface area (TPSA) is 21.7 Å². The lowest BCUT2D eigenvalue weighted by Gasteiger charge is -2.21. The van der Waals surface area contributed by atoms with E-state index in [0.717, 1.165) is 6.61 Å². The minimum Gasteiger partial charge on any atom is -0.362 e. The highest BCUT2D eigenvalue weighted by Gasteiger charge is 2.05. The summed E-state index contributed by atoms with van der Waals surface area (Å²) in [6.45, 7) is 4.61. The Morgan fingerprint density at radius 2 is 2.11 bits per heavy atom. The molecule has 0 aromatic carbocycles. The standard InChI is InChI=1S/C6H15NO2/c1-5-9-6(2)7(3)8-4/h6H,5H2,1-4H3. The first-order chi connectivity index (χ1) is 4.22. The Labute approximate surface area is 56.5 Å². The van der Waals surface area contributed by atoms with E-state index in [-0.39, 0.29) is 6.23 Å². The lowest BCUT2D eigenvalue weighted by molar-refractivity contribution is -0.212. The molecule has 0 aliphatic carbocycles. The molecule has 0 N–H and O–H groups in total. The summed E-state index contributed by atoms with van der Waals surface area (Å²) < 4.78 is 5.20. The summed E-state index contributed by atoms with van der Waals surface area (Å²) in [7, 11) is 3.45. The van der Waals surface area contributed by atoms with Crippen molar-refractivity contribution in [1.82, 2.24) is 5.06 Å². The molecule has 0 fully saturated rings. The van der Waals surface area contributed by atoms with Crippen molar-refractivity contribution in [2.75, 3.05) is 20.8 Å². The predicted molar refractivity (Wildman–Crippen MR) is 35.9 cm³/mol. The van der Waals surface area contributed by atoms with Gasteiger partial charge < -0.3 is 9.57 Å². The fourth-order valence-electron chi connectivity index (χ4n) is 0.495. The first kappa shape index (κ1) is 8.88. The maximum Gasteiger partial charge on any atom is 0.129 e. The summed E-state index contributed by atoms with van der Waals surface area (Å²) in [6, 6.07) is 0. The van der Waals surface area contributed by atoms with Crippen LogP contribution >= 0.6 is 0 Å². The van der Waals surface area contributed by atoms with Crippen LogP contribution in [0.5, 0.6) is 0 Å². The zero-order valence-corrected chi connectivity index (χ0v) is 6.55. The SMILES string of the molecule is CCOC(C)N(C)OC. The fourth-order valence-corrected chi connectivity index (χ4v) is 0.495. The van der Waals surface area contributed by atoms with Gasteiger partial charge >= 0.3 is 0 Å². The van der Waals surface area contributed by atoms with Gasteiger partial charge in [0.05, 0.1) is 7.11 Å². The van der Waals surface area contributed by atoms with Crippen LogP contribution in [-0.4, -0.2) is 32.1 Å². The Balaban J connectivity index is 3.32. The molecule has 56 valence electrons. The van der Waals surface area contributed by atoms with Crippen LogP contribution in [0.3, 0.4) is 0 Å². The van der Waals surface area contributed by atoms with Crippen molar-refractivity contribution in [2.24, 2.45) is 0 Å². The van der Waals surface area contributed by atoms with E-state index in [1.807, 2.05) is 20.9 Å². The predicted octanol–water partition coefficient (Wildman–Crippen LogP) is 0.862. The lowest BCUT2D eigenvalue weighted by atomic mass is 10.6. The first-order valence-corrected chi connectivity index (χ1v) is 3.11. The molecule has 0 aromatic heterocycles. The molecule has 0 aromatic rings. The highest BCUT2D eigenvalue weighted by molar-refractivity contribution is 4.36. The molecule has 0 saturated heterocycles. The number of hydrogen-bond donors (Lipinski definition) is 0. The van der Waals surface area contributed by atoms with Crippen LogP contribution in [0.1, 0.15) is 13.8 Å². The Kier molecular flexibility index (Phi) is 4.67. The Hall–Kier alpha value is -0.120. The van der Waals surface area contributed by atoms with Gasteiger partial charge in [0, 0.05) is 13.7 Å². The molecule has 3 heteroatoms. The van der Waals surface area contributed by atoms with Crippen molar-refractivity contribution in [3.8, 4) is 0 Å². The van der Waals surface area contributed by atoms with E-state index >= 15 is 0 Å². The Morgan fingerprint density at radius 1 is 1.56 bits per heavy atom. The minimum absolute atomic E-state index is 0.0417. The van der Waals surface area contributed by atoms with Crippen LogP contribution in [0, 0.1) is 0 Å². The number of nitrogens with zero attached hydrogens (tertiary/aromatic N) is 1. The van der Waals surface area contributed by atoms with E-state index < -0.39 is 0 Å². The molecule has 0 rings (SSSR count). The first-order valence-electron chi connectivity index (χ1n) is 3.11. The maximum atomic E-state index is 5.20. The summed E-state index contributed by atoms with van der Waals surface area (Å²) in [4.78, 5) is 4.87. The Morgan fingerprint density at radius 3 is 2.44 bits per heavy atom. The highest BCUT2D eigenvalue weighted by atomic mass is 16.7. The third-order valence-corrected chi connectivity index (χ3v) is 1.21. The number of rotatable bonds is 4. The van der Waals surface area contributed by atoms with Crippen molar-refractivity contribution in [2.45, 2.75) is 20.1 Å². The van der Waals surface area contributed by atoms with Gasteiger partial charge in [-0.25, -0.2) is 0 Å². The molecule has 0 saturated carbocycles. The highest BCUT2D eigenvalue weighted by Crippen LogP contribution is 1.95. The lowest BCUT2D eigenvalue weighted by Crippen LogP contribution is -2.30. The molecule has 0 radical (unpaired) electrons. The monoisotopic (exact) mass is 133 g/mol. The molecule has 0 aliphatic rings. The molecule has 3 nitrogen and oxygen atoms in total. The van der Waals surface area contributed by atoms with Crippen LogP contribution < -0.4 is 0 Å². The van der Waals surface area contributed by atoms with Gasteiger partial charge in [-0.05, 0) is 13.8 Å². The van der Waals surface area contributed by atoms with Gasteiger partial charge in [-0.15, -0.1) is 0 Å². The molecule has 0 spiro atoms. The molecule has 9 heavy (non-hydrogen) atoms.